The lowest BCUT2D eigenvalue weighted by Gasteiger charge is -2.20. The molecule has 0 aromatic carbocycles. The van der Waals surface area contributed by atoms with E-state index in [4.69, 9.17) is 10.2 Å². The van der Waals surface area contributed by atoms with Gasteiger partial charge in [-0.15, -0.1) is 0 Å². The number of carboxylic acid groups (broad SMARTS) is 1. The summed E-state index contributed by atoms with van der Waals surface area (Å²) in [4.78, 5) is 23.7. The van der Waals surface area contributed by atoms with E-state index in [1.807, 2.05) is 6.92 Å². The standard InChI is InChI=1S/C10H20N2O4/c1-3-4-6-12(2)10(16)11-8(5-7-13)9(14)15/h8,13H,3-7H2,1-2H3,(H,11,16)(H,14,15)/t8-/m0/s1. The van der Waals surface area contributed by atoms with Crippen LogP contribution < -0.4 is 5.32 Å². The van der Waals surface area contributed by atoms with Gasteiger partial charge in [0.25, 0.3) is 0 Å². The van der Waals surface area contributed by atoms with Crippen molar-refractivity contribution in [2.24, 2.45) is 0 Å². The van der Waals surface area contributed by atoms with Crippen molar-refractivity contribution in [1.29, 1.82) is 0 Å². The van der Waals surface area contributed by atoms with E-state index in [0.29, 0.717) is 6.54 Å². The summed E-state index contributed by atoms with van der Waals surface area (Å²) >= 11 is 0. The van der Waals surface area contributed by atoms with E-state index < -0.39 is 18.0 Å². The molecule has 0 aromatic heterocycles. The molecular formula is C10H20N2O4. The molecule has 0 aromatic rings. The highest BCUT2D eigenvalue weighted by Crippen LogP contribution is 1.96. The summed E-state index contributed by atoms with van der Waals surface area (Å²) < 4.78 is 0. The maximum Gasteiger partial charge on any atom is 0.326 e. The van der Waals surface area contributed by atoms with Crippen LogP contribution in [-0.2, 0) is 4.79 Å². The van der Waals surface area contributed by atoms with Crippen LogP contribution in [0.15, 0.2) is 0 Å². The molecule has 0 aliphatic heterocycles. The van der Waals surface area contributed by atoms with Crippen LogP contribution in [-0.4, -0.2) is 53.4 Å². The highest BCUT2D eigenvalue weighted by molar-refractivity contribution is 5.82. The average molecular weight is 232 g/mol. The molecule has 0 aliphatic carbocycles. The van der Waals surface area contributed by atoms with Crippen molar-refractivity contribution in [2.45, 2.75) is 32.2 Å². The topological polar surface area (TPSA) is 89.9 Å². The number of hydrogen-bond donors (Lipinski definition) is 3. The Kier molecular flexibility index (Phi) is 7.28. The minimum absolute atomic E-state index is 0.0166. The van der Waals surface area contributed by atoms with Crippen LogP contribution in [0.25, 0.3) is 0 Å². The second kappa shape index (κ2) is 7.92. The summed E-state index contributed by atoms with van der Waals surface area (Å²) in [5.74, 6) is -1.13. The van der Waals surface area contributed by atoms with Gasteiger partial charge >= 0.3 is 12.0 Å². The highest BCUT2D eigenvalue weighted by atomic mass is 16.4. The average Bonchev–Trinajstić information content (AvgIpc) is 2.24. The van der Waals surface area contributed by atoms with Crippen LogP contribution in [0.2, 0.25) is 0 Å². The number of aliphatic hydroxyl groups is 1. The molecule has 0 saturated carbocycles. The fraction of sp³-hybridized carbons (Fsp3) is 0.800. The Morgan fingerprint density at radius 3 is 2.50 bits per heavy atom. The number of unbranched alkanes of at least 4 members (excludes halogenated alkanes) is 1. The molecule has 6 nitrogen and oxygen atoms in total. The molecule has 0 spiro atoms. The van der Waals surface area contributed by atoms with Crippen LogP contribution in [0.1, 0.15) is 26.2 Å². The fourth-order valence-electron chi connectivity index (χ4n) is 1.14. The van der Waals surface area contributed by atoms with E-state index >= 15 is 0 Å². The maximum atomic E-state index is 11.5. The van der Waals surface area contributed by atoms with E-state index in [2.05, 4.69) is 5.32 Å². The quantitative estimate of drug-likeness (QED) is 0.587. The van der Waals surface area contributed by atoms with Gasteiger partial charge in [0.2, 0.25) is 0 Å². The van der Waals surface area contributed by atoms with Gasteiger partial charge in [0, 0.05) is 26.6 Å². The lowest BCUT2D eigenvalue weighted by atomic mass is 10.2. The molecule has 16 heavy (non-hydrogen) atoms. The summed E-state index contributed by atoms with van der Waals surface area (Å²) in [5.41, 5.74) is 0. The van der Waals surface area contributed by atoms with Crippen LogP contribution in [0.4, 0.5) is 4.79 Å². The Balaban J connectivity index is 4.12. The highest BCUT2D eigenvalue weighted by Gasteiger charge is 2.20. The molecule has 0 fully saturated rings. The zero-order valence-electron chi connectivity index (χ0n) is 9.77. The Morgan fingerprint density at radius 1 is 1.44 bits per heavy atom. The van der Waals surface area contributed by atoms with Crippen molar-refractivity contribution >= 4 is 12.0 Å². The largest absolute Gasteiger partial charge is 0.480 e. The Morgan fingerprint density at radius 2 is 2.06 bits per heavy atom. The van der Waals surface area contributed by atoms with E-state index in [9.17, 15) is 9.59 Å². The molecule has 0 radical (unpaired) electrons. The second-order valence-corrected chi connectivity index (χ2v) is 3.63. The second-order valence-electron chi connectivity index (χ2n) is 3.63. The van der Waals surface area contributed by atoms with Gasteiger partial charge in [0.15, 0.2) is 0 Å². The van der Waals surface area contributed by atoms with E-state index in [-0.39, 0.29) is 13.0 Å². The first kappa shape index (κ1) is 14.7. The van der Waals surface area contributed by atoms with Crippen LogP contribution in [0.5, 0.6) is 0 Å². The third kappa shape index (κ3) is 5.55. The number of nitrogens with zero attached hydrogens (tertiary/aromatic N) is 1. The van der Waals surface area contributed by atoms with Crippen molar-refractivity contribution in [3.05, 3.63) is 0 Å². The minimum atomic E-state index is -1.13. The Labute approximate surface area is 95.2 Å². The number of hydrogen-bond acceptors (Lipinski definition) is 3. The van der Waals surface area contributed by atoms with Gasteiger partial charge in [-0.1, -0.05) is 13.3 Å². The van der Waals surface area contributed by atoms with Crippen LogP contribution >= 0.6 is 0 Å². The number of rotatable bonds is 7. The summed E-state index contributed by atoms with van der Waals surface area (Å²) in [7, 11) is 1.61. The van der Waals surface area contributed by atoms with Gasteiger partial charge in [-0.3, -0.25) is 0 Å². The summed E-state index contributed by atoms with van der Waals surface area (Å²) in [5, 5.41) is 19.8. The van der Waals surface area contributed by atoms with Gasteiger partial charge in [-0.2, -0.15) is 0 Å². The Bertz CT molecular complexity index is 233. The molecule has 3 N–H and O–H groups in total. The van der Waals surface area contributed by atoms with E-state index in [1.54, 1.807) is 7.05 Å². The summed E-state index contributed by atoms with van der Waals surface area (Å²) in [6.45, 7) is 2.33. The van der Waals surface area contributed by atoms with E-state index in [1.165, 1.54) is 4.90 Å². The number of nitrogens with one attached hydrogen (secondary N) is 1. The van der Waals surface area contributed by atoms with Crippen LogP contribution in [0, 0.1) is 0 Å². The lowest BCUT2D eigenvalue weighted by molar-refractivity contribution is -0.139. The van der Waals surface area contributed by atoms with Gasteiger partial charge in [0.05, 0.1) is 0 Å². The number of urea groups is 1. The molecule has 0 bridgehead atoms. The molecule has 0 unspecified atom stereocenters. The smallest absolute Gasteiger partial charge is 0.326 e. The molecular weight excluding hydrogens is 212 g/mol. The maximum absolute atomic E-state index is 11.5. The molecule has 94 valence electrons. The van der Waals surface area contributed by atoms with Crippen LogP contribution in [0.3, 0.4) is 0 Å². The molecule has 6 heteroatoms. The first-order valence-electron chi connectivity index (χ1n) is 5.38. The molecule has 2 amide bonds. The van der Waals surface area contributed by atoms with Crippen molar-refractivity contribution in [3.8, 4) is 0 Å². The number of carboxylic acids is 1. The van der Waals surface area contributed by atoms with Gasteiger partial charge in [-0.25, -0.2) is 9.59 Å². The van der Waals surface area contributed by atoms with Crippen molar-refractivity contribution in [1.82, 2.24) is 10.2 Å². The number of aliphatic carboxylic acids is 1. The molecule has 0 rings (SSSR count). The zero-order chi connectivity index (χ0) is 12.6. The van der Waals surface area contributed by atoms with Crippen molar-refractivity contribution in [3.63, 3.8) is 0 Å². The third-order valence-corrected chi connectivity index (χ3v) is 2.21. The lowest BCUT2D eigenvalue weighted by Crippen LogP contribution is -2.47. The zero-order valence-corrected chi connectivity index (χ0v) is 9.77. The Hall–Kier alpha value is -1.30. The number of carbonyl (C=O) groups is 2. The van der Waals surface area contributed by atoms with E-state index in [0.717, 1.165) is 12.8 Å². The molecule has 0 saturated heterocycles. The predicted octanol–water partition coefficient (Wildman–Crippen LogP) is 0.263. The number of amides is 2. The fourth-order valence-corrected chi connectivity index (χ4v) is 1.14. The first-order chi connectivity index (χ1) is 7.52. The molecule has 0 aliphatic rings. The normalized spacial score (nSPS) is 11.9. The van der Waals surface area contributed by atoms with Gasteiger partial charge in [-0.05, 0) is 6.42 Å². The monoisotopic (exact) mass is 232 g/mol. The SMILES string of the molecule is CCCCN(C)C(=O)N[C@@H](CCO)C(=O)O. The third-order valence-electron chi connectivity index (χ3n) is 2.21. The van der Waals surface area contributed by atoms with Crippen molar-refractivity contribution < 1.29 is 19.8 Å². The number of aliphatic hydroxyl groups excluding tert-OH is 1. The van der Waals surface area contributed by atoms with Crippen molar-refractivity contribution in [2.75, 3.05) is 20.2 Å². The first-order valence-corrected chi connectivity index (χ1v) is 5.38. The summed E-state index contributed by atoms with van der Waals surface area (Å²) in [6.07, 6.45) is 1.86. The number of carbonyl (C=O) groups excluding carboxylic acids is 1. The van der Waals surface area contributed by atoms with Gasteiger partial charge < -0.3 is 20.4 Å². The minimum Gasteiger partial charge on any atom is -0.480 e. The molecule has 1 atom stereocenters. The molecule has 0 heterocycles. The predicted molar refractivity (Wildman–Crippen MR) is 59.2 cm³/mol. The van der Waals surface area contributed by atoms with Gasteiger partial charge in [0.1, 0.15) is 6.04 Å². The summed E-state index contributed by atoms with van der Waals surface area (Å²) in [6, 6.07) is -1.45.